The third-order valence-corrected chi connectivity index (χ3v) is 3.59. The summed E-state index contributed by atoms with van der Waals surface area (Å²) in [6.45, 7) is 1.83. The second-order valence-corrected chi connectivity index (χ2v) is 5.02. The van der Waals surface area contributed by atoms with Crippen LogP contribution in [0.3, 0.4) is 0 Å². The van der Waals surface area contributed by atoms with Gasteiger partial charge in [0.25, 0.3) is 0 Å². The molecule has 1 atom stereocenters. The Hall–Kier alpha value is -2.14. The van der Waals surface area contributed by atoms with E-state index in [1.54, 1.807) is 29.6 Å². The zero-order chi connectivity index (χ0) is 13.8. The van der Waals surface area contributed by atoms with Crippen molar-refractivity contribution in [2.75, 3.05) is 0 Å². The number of thiophene rings is 1. The summed E-state index contributed by atoms with van der Waals surface area (Å²) in [5, 5.41) is 1.78. The molecule has 4 nitrogen and oxygen atoms in total. The lowest BCUT2D eigenvalue weighted by molar-refractivity contribution is -0.140. The molecule has 1 heterocycles. The van der Waals surface area contributed by atoms with Crippen molar-refractivity contribution in [2.24, 2.45) is 5.73 Å². The highest BCUT2D eigenvalue weighted by atomic mass is 32.1. The van der Waals surface area contributed by atoms with Gasteiger partial charge in [-0.15, -0.1) is 11.3 Å². The molecule has 0 aliphatic carbocycles. The van der Waals surface area contributed by atoms with E-state index in [1.165, 1.54) is 11.3 Å². The molecule has 2 rings (SSSR count). The van der Waals surface area contributed by atoms with Crippen molar-refractivity contribution < 1.29 is 14.3 Å². The highest BCUT2D eigenvalue weighted by molar-refractivity contribution is 7.10. The molecule has 0 spiro atoms. The van der Waals surface area contributed by atoms with E-state index in [-0.39, 0.29) is 0 Å². The molecule has 0 aliphatic heterocycles. The number of benzene rings is 1. The number of rotatable bonds is 4. The third-order valence-electron chi connectivity index (χ3n) is 2.65. The quantitative estimate of drug-likeness (QED) is 0.528. The van der Waals surface area contributed by atoms with Crippen molar-refractivity contribution in [3.05, 3.63) is 52.2 Å². The molecule has 0 saturated heterocycles. The van der Waals surface area contributed by atoms with Crippen LogP contribution >= 0.6 is 11.3 Å². The van der Waals surface area contributed by atoms with Crippen LogP contribution < -0.4 is 10.5 Å². The summed E-state index contributed by atoms with van der Waals surface area (Å²) < 4.78 is 5.26. The van der Waals surface area contributed by atoms with E-state index >= 15 is 0 Å². The predicted molar refractivity (Wildman–Crippen MR) is 73.1 cm³/mol. The van der Waals surface area contributed by atoms with Crippen LogP contribution in [0.15, 0.2) is 41.8 Å². The third kappa shape index (κ3) is 3.00. The molecular weight excluding hydrogens is 262 g/mol. The van der Waals surface area contributed by atoms with Crippen LogP contribution in [0.2, 0.25) is 0 Å². The smallest absolute Gasteiger partial charge is 0.329 e. The van der Waals surface area contributed by atoms with E-state index in [0.717, 1.165) is 5.56 Å². The fourth-order valence-corrected chi connectivity index (χ4v) is 2.49. The summed E-state index contributed by atoms with van der Waals surface area (Å²) in [6, 6.07) is 10.6. The van der Waals surface area contributed by atoms with Crippen molar-refractivity contribution in [1.82, 2.24) is 0 Å². The number of hydrogen-bond donors (Lipinski definition) is 1. The van der Waals surface area contributed by atoms with Crippen LogP contribution in [0.4, 0.5) is 0 Å². The maximum atomic E-state index is 12.1. The van der Waals surface area contributed by atoms with Gasteiger partial charge >= 0.3 is 5.97 Å². The van der Waals surface area contributed by atoms with Gasteiger partial charge in [-0.05, 0) is 30.0 Å². The summed E-state index contributed by atoms with van der Waals surface area (Å²) in [4.78, 5) is 24.1. The maximum absolute atomic E-state index is 12.1. The van der Waals surface area contributed by atoms with Gasteiger partial charge in [-0.1, -0.05) is 24.3 Å². The molecule has 0 bridgehead atoms. The summed E-state index contributed by atoms with van der Waals surface area (Å²) in [7, 11) is 0. The van der Waals surface area contributed by atoms with E-state index in [4.69, 9.17) is 10.5 Å². The standard InChI is InChI=1S/C14H13NO3S/c1-9-5-2-3-6-10(9)18-14(17)12(13(15)16)11-7-4-8-19-11/h2-8,12H,1H3,(H2,15,16). The highest BCUT2D eigenvalue weighted by Gasteiger charge is 2.29. The highest BCUT2D eigenvalue weighted by Crippen LogP contribution is 2.25. The van der Waals surface area contributed by atoms with Crippen LogP contribution in [0.25, 0.3) is 0 Å². The Morgan fingerprint density at radius 1 is 1.21 bits per heavy atom. The average molecular weight is 275 g/mol. The van der Waals surface area contributed by atoms with E-state index in [9.17, 15) is 9.59 Å². The predicted octanol–water partition coefficient (Wildman–Crippen LogP) is 2.23. The minimum atomic E-state index is -1.06. The number of para-hydroxylation sites is 1. The lowest BCUT2D eigenvalue weighted by atomic mass is 10.1. The molecule has 19 heavy (non-hydrogen) atoms. The first kappa shape index (κ1) is 13.3. The number of carbonyl (C=O) groups is 2. The van der Waals surface area contributed by atoms with Gasteiger partial charge in [-0.3, -0.25) is 9.59 Å². The fourth-order valence-electron chi connectivity index (χ4n) is 1.67. The lowest BCUT2D eigenvalue weighted by Gasteiger charge is -2.12. The molecule has 1 unspecified atom stereocenters. The molecule has 1 aromatic heterocycles. The van der Waals surface area contributed by atoms with Gasteiger partial charge < -0.3 is 10.5 Å². The Morgan fingerprint density at radius 3 is 2.53 bits per heavy atom. The van der Waals surface area contributed by atoms with Gasteiger partial charge in [0.2, 0.25) is 5.91 Å². The Labute approximate surface area is 114 Å². The van der Waals surface area contributed by atoms with Gasteiger partial charge in [-0.25, -0.2) is 0 Å². The summed E-state index contributed by atoms with van der Waals surface area (Å²) in [6.07, 6.45) is 0. The number of carbonyl (C=O) groups excluding carboxylic acids is 2. The maximum Gasteiger partial charge on any atom is 0.329 e. The SMILES string of the molecule is Cc1ccccc1OC(=O)C(C(N)=O)c1cccs1. The molecular formula is C14H13NO3S. The van der Waals surface area contributed by atoms with Crippen molar-refractivity contribution in [2.45, 2.75) is 12.8 Å². The van der Waals surface area contributed by atoms with Crippen LogP contribution in [-0.4, -0.2) is 11.9 Å². The Balaban J connectivity index is 2.22. The van der Waals surface area contributed by atoms with Gasteiger partial charge in [0.15, 0.2) is 5.92 Å². The molecule has 0 saturated carbocycles. The number of ether oxygens (including phenoxy) is 1. The van der Waals surface area contributed by atoms with Crippen molar-refractivity contribution in [3.8, 4) is 5.75 Å². The van der Waals surface area contributed by atoms with Crippen LogP contribution in [0.5, 0.6) is 5.75 Å². The summed E-state index contributed by atoms with van der Waals surface area (Å²) >= 11 is 1.30. The minimum Gasteiger partial charge on any atom is -0.425 e. The van der Waals surface area contributed by atoms with Gasteiger partial charge in [0.1, 0.15) is 5.75 Å². The Kier molecular flexibility index (Phi) is 3.97. The molecule has 1 aromatic carbocycles. The molecule has 0 radical (unpaired) electrons. The second-order valence-electron chi connectivity index (χ2n) is 4.04. The Bertz CT molecular complexity index is 592. The van der Waals surface area contributed by atoms with E-state index in [1.807, 2.05) is 19.1 Å². The number of nitrogens with two attached hydrogens (primary N) is 1. The van der Waals surface area contributed by atoms with Gasteiger partial charge in [0, 0.05) is 4.88 Å². The van der Waals surface area contributed by atoms with E-state index in [2.05, 4.69) is 0 Å². The van der Waals surface area contributed by atoms with Crippen LogP contribution in [-0.2, 0) is 9.59 Å². The van der Waals surface area contributed by atoms with Crippen molar-refractivity contribution in [1.29, 1.82) is 0 Å². The molecule has 2 aromatic rings. The largest absolute Gasteiger partial charge is 0.425 e. The first-order chi connectivity index (χ1) is 9.09. The number of amides is 1. The summed E-state index contributed by atoms with van der Waals surface area (Å²) in [5.41, 5.74) is 6.11. The minimum absolute atomic E-state index is 0.440. The van der Waals surface area contributed by atoms with Crippen LogP contribution in [0, 0.1) is 6.92 Å². The van der Waals surface area contributed by atoms with Gasteiger partial charge in [-0.2, -0.15) is 0 Å². The van der Waals surface area contributed by atoms with Crippen molar-refractivity contribution >= 4 is 23.2 Å². The van der Waals surface area contributed by atoms with Gasteiger partial charge in [0.05, 0.1) is 0 Å². The van der Waals surface area contributed by atoms with E-state index < -0.39 is 17.8 Å². The number of primary amides is 1. The molecule has 5 heteroatoms. The molecule has 98 valence electrons. The number of hydrogen-bond acceptors (Lipinski definition) is 4. The number of esters is 1. The molecule has 0 aliphatic rings. The average Bonchev–Trinajstić information content (AvgIpc) is 2.85. The molecule has 1 amide bonds. The molecule has 0 fully saturated rings. The normalized spacial score (nSPS) is 11.8. The van der Waals surface area contributed by atoms with Crippen LogP contribution in [0.1, 0.15) is 16.4 Å². The van der Waals surface area contributed by atoms with E-state index in [0.29, 0.717) is 10.6 Å². The number of aryl methyl sites for hydroxylation is 1. The zero-order valence-corrected chi connectivity index (χ0v) is 11.1. The lowest BCUT2D eigenvalue weighted by Crippen LogP contribution is -2.30. The molecule has 2 N–H and O–H groups in total. The monoisotopic (exact) mass is 275 g/mol. The first-order valence-electron chi connectivity index (χ1n) is 5.69. The Morgan fingerprint density at radius 2 is 1.95 bits per heavy atom. The fraction of sp³-hybridized carbons (Fsp3) is 0.143. The topological polar surface area (TPSA) is 69.4 Å². The summed E-state index contributed by atoms with van der Waals surface area (Å²) in [5.74, 6) is -1.97. The van der Waals surface area contributed by atoms with Crippen molar-refractivity contribution in [3.63, 3.8) is 0 Å². The first-order valence-corrected chi connectivity index (χ1v) is 6.57. The second kappa shape index (κ2) is 5.67. The zero-order valence-electron chi connectivity index (χ0n) is 10.3.